The molecule has 1 aromatic heterocycles. The number of carbonyl (C=O) groups excluding carboxylic acids is 4. The Bertz CT molecular complexity index is 1900. The highest BCUT2D eigenvalue weighted by atomic mass is 16.6. The Morgan fingerprint density at radius 1 is 0.688 bits per heavy atom. The van der Waals surface area contributed by atoms with Crippen LogP contribution in [0.5, 0.6) is 11.5 Å². The van der Waals surface area contributed by atoms with E-state index < -0.39 is 36.0 Å². The molecule has 0 bridgehead atoms. The molecule has 6 rings (SSSR count). The number of nitrogens with zero attached hydrogens (tertiary/aromatic N) is 2. The van der Waals surface area contributed by atoms with Crippen molar-refractivity contribution in [3.8, 4) is 11.5 Å². The van der Waals surface area contributed by atoms with Gasteiger partial charge in [0, 0.05) is 16.7 Å². The van der Waals surface area contributed by atoms with E-state index in [1.807, 2.05) is 0 Å². The van der Waals surface area contributed by atoms with Crippen LogP contribution in [0.2, 0.25) is 0 Å². The Morgan fingerprint density at radius 3 is 1.81 bits per heavy atom. The Hall–Kier alpha value is -6.18. The molecule has 0 spiro atoms. The lowest BCUT2D eigenvalue weighted by molar-refractivity contribution is -0.155. The molecular weight excluding hydrogens is 622 g/mol. The highest BCUT2D eigenvalue weighted by molar-refractivity contribution is 6.10. The number of aromatic nitrogens is 2. The monoisotopic (exact) mass is 653 g/mol. The predicted octanol–water partition coefficient (Wildman–Crippen LogP) is 5.39. The van der Waals surface area contributed by atoms with Crippen molar-refractivity contribution in [2.45, 2.75) is 33.0 Å². The number of hydrogen-bond donors (Lipinski definition) is 3. The molecule has 3 aromatic carbocycles. The fourth-order valence-electron chi connectivity index (χ4n) is 5.11. The molecule has 14 nitrogen and oxygen atoms in total. The molecule has 2 aliphatic rings. The smallest absolute Gasteiger partial charge is 0.359 e. The van der Waals surface area contributed by atoms with Crippen LogP contribution in [0.15, 0.2) is 66.7 Å². The third-order valence-electron chi connectivity index (χ3n) is 7.28. The number of amides is 1. The quantitative estimate of drug-likeness (QED) is 0.131. The van der Waals surface area contributed by atoms with Crippen LogP contribution in [-0.2, 0) is 23.8 Å². The minimum Gasteiger partial charge on any atom is -0.471 e. The van der Waals surface area contributed by atoms with Crippen LogP contribution in [0.25, 0.3) is 0 Å². The van der Waals surface area contributed by atoms with Gasteiger partial charge in [0.15, 0.2) is 23.0 Å². The first-order chi connectivity index (χ1) is 23.3. The van der Waals surface area contributed by atoms with Crippen molar-refractivity contribution < 1.29 is 42.9 Å². The second-order valence-corrected chi connectivity index (χ2v) is 10.4. The van der Waals surface area contributed by atoms with Crippen LogP contribution in [0, 0.1) is 0 Å². The molecule has 0 aliphatic carbocycles. The topological polar surface area (TPSA) is 176 Å². The molecule has 3 heterocycles. The summed E-state index contributed by atoms with van der Waals surface area (Å²) in [6.07, 6.45) is -1.77. The van der Waals surface area contributed by atoms with Crippen molar-refractivity contribution in [2.24, 2.45) is 0 Å². The van der Waals surface area contributed by atoms with Gasteiger partial charge in [-0.3, -0.25) is 4.79 Å². The van der Waals surface area contributed by atoms with Gasteiger partial charge in [0.1, 0.15) is 5.69 Å². The van der Waals surface area contributed by atoms with Crippen molar-refractivity contribution in [2.75, 3.05) is 35.8 Å². The van der Waals surface area contributed by atoms with E-state index in [1.165, 1.54) is 0 Å². The van der Waals surface area contributed by atoms with Crippen LogP contribution in [-0.4, -0.2) is 53.6 Å². The summed E-state index contributed by atoms with van der Waals surface area (Å²) in [5.41, 5.74) is 2.01. The number of para-hydroxylation sites is 2. The fraction of sp³-hybridized carbons (Fsp3) is 0.235. The summed E-state index contributed by atoms with van der Waals surface area (Å²) in [6.45, 7) is 5.49. The molecule has 0 saturated carbocycles. The Kier molecular flexibility index (Phi) is 9.05. The lowest BCUT2D eigenvalue weighted by Gasteiger charge is -2.31. The van der Waals surface area contributed by atoms with Gasteiger partial charge < -0.3 is 39.6 Å². The fourth-order valence-corrected chi connectivity index (χ4v) is 5.11. The largest absolute Gasteiger partial charge is 0.471 e. The van der Waals surface area contributed by atoms with Crippen LogP contribution >= 0.6 is 0 Å². The molecule has 0 fully saturated rings. The summed E-state index contributed by atoms with van der Waals surface area (Å²) >= 11 is 0. The maximum Gasteiger partial charge on any atom is 0.359 e. The zero-order chi connectivity index (χ0) is 33.8. The SMILES string of the molecule is CCOC(=O)c1nc(Nc2cccc3c2OC3C(=O)OCC)nc(Nc2cccc3c2OC3C(=O)OCC)c1NC(=O)c1ccccc1. The number of carbonyl (C=O) groups is 4. The van der Waals surface area contributed by atoms with Gasteiger partial charge in [0.05, 0.1) is 31.2 Å². The number of hydrogen-bond acceptors (Lipinski definition) is 13. The molecule has 2 unspecified atom stereocenters. The molecule has 4 aromatic rings. The van der Waals surface area contributed by atoms with E-state index in [9.17, 15) is 19.2 Å². The van der Waals surface area contributed by atoms with E-state index in [0.29, 0.717) is 39.6 Å². The van der Waals surface area contributed by atoms with Crippen molar-refractivity contribution in [1.82, 2.24) is 9.97 Å². The molecule has 14 heteroatoms. The number of nitrogens with one attached hydrogen (secondary N) is 3. The van der Waals surface area contributed by atoms with Crippen molar-refractivity contribution in [1.29, 1.82) is 0 Å². The van der Waals surface area contributed by atoms with E-state index in [0.717, 1.165) is 0 Å². The number of ether oxygens (including phenoxy) is 5. The molecule has 1 amide bonds. The van der Waals surface area contributed by atoms with Crippen LogP contribution in [0.3, 0.4) is 0 Å². The summed E-state index contributed by atoms with van der Waals surface area (Å²) in [4.78, 5) is 60.5. The average Bonchev–Trinajstić information content (AvgIpc) is 3.04. The van der Waals surface area contributed by atoms with Crippen LogP contribution < -0.4 is 25.4 Å². The lowest BCUT2D eigenvalue weighted by atomic mass is 10.0. The summed E-state index contributed by atoms with van der Waals surface area (Å²) in [6, 6.07) is 18.7. The van der Waals surface area contributed by atoms with Gasteiger partial charge in [-0.15, -0.1) is 0 Å². The zero-order valence-electron chi connectivity index (χ0n) is 26.2. The molecule has 2 atom stereocenters. The summed E-state index contributed by atoms with van der Waals surface area (Å²) in [7, 11) is 0. The molecule has 0 saturated heterocycles. The maximum atomic E-state index is 13.4. The Labute approximate surface area is 274 Å². The van der Waals surface area contributed by atoms with E-state index in [1.54, 1.807) is 87.5 Å². The Morgan fingerprint density at radius 2 is 1.25 bits per heavy atom. The van der Waals surface area contributed by atoms with Gasteiger partial charge in [-0.2, -0.15) is 4.98 Å². The number of esters is 3. The standard InChI is InChI=1S/C34H31N5O9/c1-4-44-31(41)24-23(37-30(40)18-12-8-7-9-13-18)29(35-21-16-10-14-19-25(21)47-27(19)32(42)45-5-2)39-34(38-24)36-22-17-11-15-20-26(22)48-28(20)33(43)46-6-3/h7-17,27-28H,4-6H2,1-3H3,(H,37,40)(H2,35,36,38,39). The zero-order valence-corrected chi connectivity index (χ0v) is 26.2. The minimum absolute atomic E-state index is 0.0106. The molecule has 48 heavy (non-hydrogen) atoms. The number of fused-ring (bicyclic) bond motifs is 2. The van der Waals surface area contributed by atoms with E-state index in [2.05, 4.69) is 25.9 Å². The first-order valence-electron chi connectivity index (χ1n) is 15.2. The van der Waals surface area contributed by atoms with E-state index >= 15 is 0 Å². The second kappa shape index (κ2) is 13.7. The van der Waals surface area contributed by atoms with Crippen molar-refractivity contribution in [3.63, 3.8) is 0 Å². The van der Waals surface area contributed by atoms with Crippen molar-refractivity contribution >= 4 is 52.6 Å². The number of benzene rings is 3. The van der Waals surface area contributed by atoms with E-state index in [4.69, 9.17) is 23.7 Å². The third kappa shape index (κ3) is 6.15. The average molecular weight is 654 g/mol. The third-order valence-corrected chi connectivity index (χ3v) is 7.28. The van der Waals surface area contributed by atoms with Crippen molar-refractivity contribution in [3.05, 3.63) is 89.1 Å². The highest BCUT2D eigenvalue weighted by Gasteiger charge is 2.39. The number of rotatable bonds is 12. The van der Waals surface area contributed by atoms with Gasteiger partial charge >= 0.3 is 17.9 Å². The van der Waals surface area contributed by atoms with Gasteiger partial charge in [-0.1, -0.05) is 42.5 Å². The molecule has 3 N–H and O–H groups in total. The van der Waals surface area contributed by atoms with Gasteiger partial charge in [-0.25, -0.2) is 19.4 Å². The normalized spacial score (nSPS) is 15.1. The maximum absolute atomic E-state index is 13.4. The second-order valence-electron chi connectivity index (χ2n) is 10.4. The van der Waals surface area contributed by atoms with Crippen LogP contribution in [0.4, 0.5) is 28.8 Å². The highest BCUT2D eigenvalue weighted by Crippen LogP contribution is 2.48. The molecular formula is C34H31N5O9. The molecule has 246 valence electrons. The lowest BCUT2D eigenvalue weighted by Crippen LogP contribution is -2.30. The van der Waals surface area contributed by atoms with Gasteiger partial charge in [-0.05, 0) is 45.0 Å². The number of anilines is 5. The van der Waals surface area contributed by atoms with Gasteiger partial charge in [0.25, 0.3) is 5.91 Å². The first-order valence-corrected chi connectivity index (χ1v) is 15.2. The Balaban J connectivity index is 1.41. The predicted molar refractivity (Wildman–Crippen MR) is 172 cm³/mol. The molecule has 0 radical (unpaired) electrons. The van der Waals surface area contributed by atoms with Gasteiger partial charge in [0.2, 0.25) is 18.2 Å². The summed E-state index contributed by atoms with van der Waals surface area (Å²) in [5.74, 6) is -1.70. The first kappa shape index (κ1) is 31.8. The van der Waals surface area contributed by atoms with E-state index in [-0.39, 0.29) is 43.0 Å². The summed E-state index contributed by atoms with van der Waals surface area (Å²) in [5, 5.41) is 8.95. The van der Waals surface area contributed by atoms with Crippen LogP contribution in [0.1, 0.15) is 65.0 Å². The minimum atomic E-state index is -0.897. The summed E-state index contributed by atoms with van der Waals surface area (Å²) < 4.78 is 27.0. The molecule has 2 aliphatic heterocycles.